The molecule has 0 N–H and O–H groups in total. The molecule has 0 unspecified atom stereocenters. The third kappa shape index (κ3) is 1.21. The van der Waals surface area contributed by atoms with Crippen molar-refractivity contribution in [2.24, 2.45) is 7.05 Å². The molecule has 0 saturated carbocycles. The van der Waals surface area contributed by atoms with Crippen LogP contribution in [0.1, 0.15) is 5.56 Å². The molecule has 2 rings (SSSR count). The quantitative estimate of drug-likeness (QED) is 0.703. The van der Waals surface area contributed by atoms with Gasteiger partial charge >= 0.3 is 0 Å². The second kappa shape index (κ2) is 2.86. The van der Waals surface area contributed by atoms with Gasteiger partial charge in [-0.15, -0.1) is 0 Å². The Hall–Kier alpha value is -1.34. The summed E-state index contributed by atoms with van der Waals surface area (Å²) in [6.45, 7) is 0. The van der Waals surface area contributed by atoms with Crippen molar-refractivity contribution in [3.8, 4) is 6.07 Å². The van der Waals surface area contributed by atoms with E-state index in [9.17, 15) is 0 Å². The normalized spacial score (nSPS) is 10.2. The van der Waals surface area contributed by atoms with Crippen molar-refractivity contribution in [2.45, 2.75) is 0 Å². The predicted octanol–water partition coefficient (Wildman–Crippen LogP) is 2.21. The van der Waals surface area contributed by atoms with E-state index in [0.29, 0.717) is 5.56 Å². The number of hydrogen-bond donors (Lipinski definition) is 0. The van der Waals surface area contributed by atoms with Gasteiger partial charge < -0.3 is 0 Å². The molecule has 3 nitrogen and oxygen atoms in total. The Kier molecular flexibility index (Phi) is 1.82. The van der Waals surface area contributed by atoms with E-state index in [1.165, 1.54) is 0 Å². The molecule has 0 atom stereocenters. The number of nitriles is 1. The summed E-state index contributed by atoms with van der Waals surface area (Å²) in [5.74, 6) is 0. The number of benzene rings is 1. The first-order valence-corrected chi connectivity index (χ1v) is 4.53. The lowest BCUT2D eigenvalue weighted by atomic mass is 10.2. The van der Waals surface area contributed by atoms with Crippen LogP contribution in [-0.2, 0) is 7.05 Å². The number of rotatable bonds is 0. The van der Waals surface area contributed by atoms with E-state index in [4.69, 9.17) is 5.26 Å². The fraction of sp³-hybridized carbons (Fsp3) is 0.111. The minimum Gasteiger partial charge on any atom is -0.267 e. The molecule has 1 aromatic carbocycles. The van der Waals surface area contributed by atoms with Gasteiger partial charge in [0.15, 0.2) is 0 Å². The zero-order chi connectivity index (χ0) is 9.42. The van der Waals surface area contributed by atoms with E-state index >= 15 is 0 Å². The van der Waals surface area contributed by atoms with Crippen LogP contribution in [-0.4, -0.2) is 9.78 Å². The molecular formula is C9H6BrN3. The molecule has 0 amide bonds. The molecule has 13 heavy (non-hydrogen) atoms. The van der Waals surface area contributed by atoms with Crippen LogP contribution in [0.2, 0.25) is 0 Å². The highest BCUT2D eigenvalue weighted by molar-refractivity contribution is 9.10. The maximum Gasteiger partial charge on any atom is 0.101 e. The molecule has 0 radical (unpaired) electrons. The average Bonchev–Trinajstić information content (AvgIpc) is 2.46. The van der Waals surface area contributed by atoms with E-state index in [1.54, 1.807) is 16.9 Å². The number of nitrogens with zero attached hydrogens (tertiary/aromatic N) is 3. The number of aryl methyl sites for hydroxylation is 1. The minimum atomic E-state index is 0.643. The van der Waals surface area contributed by atoms with Crippen LogP contribution in [0, 0.1) is 11.3 Å². The standard InChI is InChI=1S/C9H6BrN3/c1-13-9-6(4-11)2-8(10)3-7(9)5-12-13/h2-3,5H,1H3. The Balaban J connectivity index is 2.95. The summed E-state index contributed by atoms with van der Waals surface area (Å²) < 4.78 is 2.62. The van der Waals surface area contributed by atoms with Crippen LogP contribution in [0.3, 0.4) is 0 Å². The van der Waals surface area contributed by atoms with E-state index in [1.807, 2.05) is 13.1 Å². The van der Waals surface area contributed by atoms with Gasteiger partial charge in [0.1, 0.15) is 6.07 Å². The summed E-state index contributed by atoms with van der Waals surface area (Å²) in [5.41, 5.74) is 1.52. The number of hydrogen-bond acceptors (Lipinski definition) is 2. The first kappa shape index (κ1) is 8.27. The third-order valence-electron chi connectivity index (χ3n) is 1.92. The fourth-order valence-corrected chi connectivity index (χ4v) is 1.85. The molecule has 64 valence electrons. The largest absolute Gasteiger partial charge is 0.267 e. The Morgan fingerprint density at radius 1 is 1.54 bits per heavy atom. The van der Waals surface area contributed by atoms with Crippen LogP contribution in [0.5, 0.6) is 0 Å². The zero-order valence-electron chi connectivity index (χ0n) is 6.95. The molecule has 0 aliphatic rings. The molecule has 0 bridgehead atoms. The van der Waals surface area contributed by atoms with Gasteiger partial charge in [-0.25, -0.2) is 0 Å². The number of aromatic nitrogens is 2. The Morgan fingerprint density at radius 3 is 3.00 bits per heavy atom. The van der Waals surface area contributed by atoms with Crippen LogP contribution in [0.15, 0.2) is 22.8 Å². The lowest BCUT2D eigenvalue weighted by molar-refractivity contribution is 0.796. The SMILES string of the molecule is Cn1ncc2cc(Br)cc(C#N)c21. The fourth-order valence-electron chi connectivity index (χ4n) is 1.37. The molecule has 1 heterocycles. The van der Waals surface area contributed by atoms with Gasteiger partial charge in [-0.05, 0) is 12.1 Å². The van der Waals surface area contributed by atoms with Crippen molar-refractivity contribution in [1.82, 2.24) is 9.78 Å². The Labute approximate surface area is 83.7 Å². The predicted molar refractivity (Wildman–Crippen MR) is 53.1 cm³/mol. The van der Waals surface area contributed by atoms with Crippen molar-refractivity contribution in [3.63, 3.8) is 0 Å². The molecule has 2 aromatic rings. The number of halogens is 1. The summed E-state index contributed by atoms with van der Waals surface area (Å²) in [6, 6.07) is 5.89. The van der Waals surface area contributed by atoms with Gasteiger partial charge in [0.25, 0.3) is 0 Å². The third-order valence-corrected chi connectivity index (χ3v) is 2.38. The monoisotopic (exact) mass is 235 g/mol. The van der Waals surface area contributed by atoms with Gasteiger partial charge in [0.05, 0.1) is 17.3 Å². The first-order valence-electron chi connectivity index (χ1n) is 3.73. The van der Waals surface area contributed by atoms with E-state index < -0.39 is 0 Å². The maximum atomic E-state index is 8.89. The van der Waals surface area contributed by atoms with Crippen molar-refractivity contribution >= 4 is 26.8 Å². The topological polar surface area (TPSA) is 41.6 Å². The maximum absolute atomic E-state index is 8.89. The molecule has 4 heteroatoms. The van der Waals surface area contributed by atoms with Gasteiger partial charge in [0, 0.05) is 16.9 Å². The zero-order valence-corrected chi connectivity index (χ0v) is 8.54. The van der Waals surface area contributed by atoms with Crippen LogP contribution < -0.4 is 0 Å². The highest BCUT2D eigenvalue weighted by Gasteiger charge is 2.06. The summed E-state index contributed by atoms with van der Waals surface area (Å²) in [5, 5.41) is 14.0. The molecule has 1 aromatic heterocycles. The molecule has 0 fully saturated rings. The van der Waals surface area contributed by atoms with Crippen LogP contribution in [0.25, 0.3) is 10.9 Å². The average molecular weight is 236 g/mol. The van der Waals surface area contributed by atoms with E-state index in [-0.39, 0.29) is 0 Å². The summed E-state index contributed by atoms with van der Waals surface area (Å²) >= 11 is 3.35. The van der Waals surface area contributed by atoms with Crippen molar-refractivity contribution in [1.29, 1.82) is 5.26 Å². The Morgan fingerprint density at radius 2 is 2.31 bits per heavy atom. The molecule has 0 aliphatic carbocycles. The van der Waals surface area contributed by atoms with E-state index in [0.717, 1.165) is 15.4 Å². The Bertz CT molecular complexity index is 507. The van der Waals surface area contributed by atoms with Gasteiger partial charge in [0.2, 0.25) is 0 Å². The second-order valence-electron chi connectivity index (χ2n) is 2.77. The number of fused-ring (bicyclic) bond motifs is 1. The van der Waals surface area contributed by atoms with E-state index in [2.05, 4.69) is 27.1 Å². The second-order valence-corrected chi connectivity index (χ2v) is 3.69. The van der Waals surface area contributed by atoms with Gasteiger partial charge in [-0.1, -0.05) is 15.9 Å². The van der Waals surface area contributed by atoms with Crippen LogP contribution >= 0.6 is 15.9 Å². The van der Waals surface area contributed by atoms with Gasteiger partial charge in [-0.3, -0.25) is 4.68 Å². The molecule has 0 aliphatic heterocycles. The molecule has 0 spiro atoms. The van der Waals surface area contributed by atoms with Gasteiger partial charge in [-0.2, -0.15) is 10.4 Å². The minimum absolute atomic E-state index is 0.643. The molecular weight excluding hydrogens is 230 g/mol. The van der Waals surface area contributed by atoms with Crippen molar-refractivity contribution in [2.75, 3.05) is 0 Å². The summed E-state index contributed by atoms with van der Waals surface area (Å²) in [7, 11) is 1.83. The summed E-state index contributed by atoms with van der Waals surface area (Å²) in [4.78, 5) is 0. The smallest absolute Gasteiger partial charge is 0.101 e. The summed E-state index contributed by atoms with van der Waals surface area (Å²) in [6.07, 6.45) is 1.75. The lowest BCUT2D eigenvalue weighted by Gasteiger charge is -1.97. The first-order chi connectivity index (χ1) is 6.22. The lowest BCUT2D eigenvalue weighted by Crippen LogP contribution is -1.91. The van der Waals surface area contributed by atoms with Crippen molar-refractivity contribution < 1.29 is 0 Å². The van der Waals surface area contributed by atoms with Crippen molar-refractivity contribution in [3.05, 3.63) is 28.4 Å². The highest BCUT2D eigenvalue weighted by Crippen LogP contribution is 2.22. The molecule has 0 saturated heterocycles. The van der Waals surface area contributed by atoms with Crippen LogP contribution in [0.4, 0.5) is 0 Å². The highest BCUT2D eigenvalue weighted by atomic mass is 79.9.